The first-order chi connectivity index (χ1) is 14.7. The van der Waals surface area contributed by atoms with E-state index in [4.69, 9.17) is 10.2 Å². The smallest absolute Gasteiger partial charge is 0.227 e. The molecule has 0 bridgehead atoms. The molecule has 0 amide bonds. The number of aryl methyl sites for hydroxylation is 1. The Labute approximate surface area is 177 Å². The molecule has 30 heavy (non-hydrogen) atoms. The molecular formula is C21H20N8S. The molecule has 5 heterocycles. The predicted octanol–water partition coefficient (Wildman–Crippen LogP) is 3.84. The van der Waals surface area contributed by atoms with Crippen LogP contribution in [0.5, 0.6) is 0 Å². The molecule has 0 saturated carbocycles. The first kappa shape index (κ1) is 18.7. The highest BCUT2D eigenvalue weighted by molar-refractivity contribution is 7.15. The normalized spacial score (nSPS) is 16.7. The number of fused-ring (bicyclic) bond motifs is 1. The fourth-order valence-electron chi connectivity index (χ4n) is 3.96. The monoisotopic (exact) mass is 416 g/mol. The quantitative estimate of drug-likeness (QED) is 0.528. The Bertz CT molecular complexity index is 1220. The Hall–Kier alpha value is -3.35. The molecule has 0 spiro atoms. The number of hydrogen-bond donors (Lipinski definition) is 1. The Balaban J connectivity index is 1.36. The molecule has 1 N–H and O–H groups in total. The second-order valence-electron chi connectivity index (χ2n) is 7.30. The van der Waals surface area contributed by atoms with Crippen molar-refractivity contribution in [2.75, 3.05) is 11.9 Å². The first-order valence-corrected chi connectivity index (χ1v) is 10.7. The summed E-state index contributed by atoms with van der Waals surface area (Å²) in [5, 5.41) is 14.1. The zero-order valence-corrected chi connectivity index (χ0v) is 17.3. The molecule has 0 radical (unpaired) electrons. The summed E-state index contributed by atoms with van der Waals surface area (Å²) in [5.41, 5.74) is 4.48. The number of nitrogens with one attached hydrogen (secondary N) is 1. The number of likely N-dealkylation sites (tertiary alicyclic amines) is 1. The van der Waals surface area contributed by atoms with Gasteiger partial charge < -0.3 is 5.32 Å². The van der Waals surface area contributed by atoms with Crippen LogP contribution in [0.25, 0.3) is 4.96 Å². The van der Waals surface area contributed by atoms with E-state index < -0.39 is 0 Å². The molecule has 0 aliphatic carbocycles. The minimum Gasteiger partial charge on any atom is -0.323 e. The van der Waals surface area contributed by atoms with Gasteiger partial charge in [-0.1, -0.05) is 0 Å². The average molecular weight is 417 g/mol. The Morgan fingerprint density at radius 3 is 3.03 bits per heavy atom. The zero-order chi connectivity index (χ0) is 20.5. The van der Waals surface area contributed by atoms with Crippen molar-refractivity contribution in [3.05, 3.63) is 64.9 Å². The molecule has 1 atom stereocenters. The summed E-state index contributed by atoms with van der Waals surface area (Å²) in [6.45, 7) is 3.97. The summed E-state index contributed by atoms with van der Waals surface area (Å²) in [4.78, 5) is 21.4. The van der Waals surface area contributed by atoms with Gasteiger partial charge in [0.2, 0.25) is 5.95 Å². The van der Waals surface area contributed by atoms with Crippen molar-refractivity contribution in [2.45, 2.75) is 32.4 Å². The standard InChI is InChI=1S/C21H20N8S/c1-14-19(29-9-10-30-21(29)25-14)13-28-8-2-3-18(28)17-6-7-23-20(27-17)26-16-5-4-15(11-22)24-12-16/h4-7,9-10,12,18H,2-3,8,13H2,1H3,(H,23,26,27). The highest BCUT2D eigenvalue weighted by atomic mass is 32.1. The fraction of sp³-hybridized carbons (Fsp3) is 0.286. The van der Waals surface area contributed by atoms with Gasteiger partial charge in [0.15, 0.2) is 4.96 Å². The molecule has 5 rings (SSSR count). The van der Waals surface area contributed by atoms with Crippen LogP contribution in [0.1, 0.15) is 41.7 Å². The Morgan fingerprint density at radius 1 is 1.27 bits per heavy atom. The van der Waals surface area contributed by atoms with E-state index in [-0.39, 0.29) is 6.04 Å². The van der Waals surface area contributed by atoms with Crippen LogP contribution in [-0.4, -0.2) is 35.8 Å². The summed E-state index contributed by atoms with van der Waals surface area (Å²) in [5.74, 6) is 0.534. The van der Waals surface area contributed by atoms with Gasteiger partial charge in [-0.15, -0.1) is 11.3 Å². The lowest BCUT2D eigenvalue weighted by Gasteiger charge is -2.24. The van der Waals surface area contributed by atoms with Gasteiger partial charge in [-0.2, -0.15) is 5.26 Å². The van der Waals surface area contributed by atoms with Crippen molar-refractivity contribution in [3.63, 3.8) is 0 Å². The van der Waals surface area contributed by atoms with Crippen molar-refractivity contribution in [1.82, 2.24) is 29.2 Å². The number of pyridine rings is 1. The summed E-state index contributed by atoms with van der Waals surface area (Å²) in [7, 11) is 0. The summed E-state index contributed by atoms with van der Waals surface area (Å²) in [6.07, 6.45) is 7.71. The third-order valence-electron chi connectivity index (χ3n) is 5.43. The fourth-order valence-corrected chi connectivity index (χ4v) is 4.73. The van der Waals surface area contributed by atoms with Gasteiger partial charge in [0.05, 0.1) is 35.0 Å². The van der Waals surface area contributed by atoms with Crippen molar-refractivity contribution >= 4 is 27.9 Å². The third kappa shape index (κ3) is 3.51. The lowest BCUT2D eigenvalue weighted by molar-refractivity contribution is 0.240. The van der Waals surface area contributed by atoms with Crippen LogP contribution in [0.4, 0.5) is 11.6 Å². The van der Waals surface area contributed by atoms with Gasteiger partial charge in [0.1, 0.15) is 11.8 Å². The average Bonchev–Trinajstić information content (AvgIpc) is 3.47. The van der Waals surface area contributed by atoms with E-state index in [1.165, 1.54) is 5.69 Å². The second-order valence-corrected chi connectivity index (χ2v) is 8.18. The number of nitriles is 1. The topological polar surface area (TPSA) is 95.0 Å². The Morgan fingerprint density at radius 2 is 2.20 bits per heavy atom. The van der Waals surface area contributed by atoms with Gasteiger partial charge in [-0.05, 0) is 44.5 Å². The molecule has 9 heteroatoms. The molecular weight excluding hydrogens is 396 g/mol. The maximum absolute atomic E-state index is 8.89. The third-order valence-corrected chi connectivity index (χ3v) is 6.19. The minimum atomic E-state index is 0.247. The molecule has 1 fully saturated rings. The Kier molecular flexibility index (Phi) is 4.86. The zero-order valence-electron chi connectivity index (χ0n) is 16.5. The number of thiazole rings is 1. The van der Waals surface area contributed by atoms with Crippen LogP contribution in [0.15, 0.2) is 42.2 Å². The van der Waals surface area contributed by atoms with Crippen LogP contribution in [0.2, 0.25) is 0 Å². The number of anilines is 2. The summed E-state index contributed by atoms with van der Waals surface area (Å²) >= 11 is 1.66. The van der Waals surface area contributed by atoms with Crippen LogP contribution < -0.4 is 5.32 Å². The van der Waals surface area contributed by atoms with Crippen molar-refractivity contribution < 1.29 is 0 Å². The van der Waals surface area contributed by atoms with Crippen LogP contribution in [0, 0.1) is 18.3 Å². The van der Waals surface area contributed by atoms with E-state index in [0.29, 0.717) is 11.6 Å². The van der Waals surface area contributed by atoms with Crippen molar-refractivity contribution in [3.8, 4) is 6.07 Å². The van der Waals surface area contributed by atoms with Crippen LogP contribution >= 0.6 is 11.3 Å². The van der Waals surface area contributed by atoms with Crippen LogP contribution in [-0.2, 0) is 6.54 Å². The van der Waals surface area contributed by atoms with E-state index in [9.17, 15) is 0 Å². The molecule has 8 nitrogen and oxygen atoms in total. The lowest BCUT2D eigenvalue weighted by atomic mass is 10.1. The molecule has 1 aliphatic rings. The van der Waals surface area contributed by atoms with E-state index in [2.05, 4.69) is 48.1 Å². The van der Waals surface area contributed by atoms with Crippen molar-refractivity contribution in [2.24, 2.45) is 0 Å². The summed E-state index contributed by atoms with van der Waals surface area (Å²) < 4.78 is 2.19. The highest BCUT2D eigenvalue weighted by Crippen LogP contribution is 2.33. The molecule has 150 valence electrons. The van der Waals surface area contributed by atoms with Gasteiger partial charge in [0, 0.05) is 24.3 Å². The van der Waals surface area contributed by atoms with E-state index >= 15 is 0 Å². The van der Waals surface area contributed by atoms with Gasteiger partial charge in [-0.3, -0.25) is 9.30 Å². The van der Waals surface area contributed by atoms with E-state index in [0.717, 1.165) is 48.0 Å². The number of rotatable bonds is 5. The number of nitrogens with zero attached hydrogens (tertiary/aromatic N) is 7. The number of hydrogen-bond acceptors (Lipinski definition) is 8. The maximum atomic E-state index is 8.89. The van der Waals surface area contributed by atoms with Gasteiger partial charge in [0.25, 0.3) is 0 Å². The molecule has 1 aliphatic heterocycles. The summed E-state index contributed by atoms with van der Waals surface area (Å²) in [6, 6.07) is 7.73. The SMILES string of the molecule is Cc1nc2sccn2c1CN1CCCC1c1ccnc(Nc2ccc(C#N)nc2)n1. The molecule has 4 aromatic rings. The van der Waals surface area contributed by atoms with Gasteiger partial charge in [-0.25, -0.2) is 19.9 Å². The van der Waals surface area contributed by atoms with Crippen LogP contribution in [0.3, 0.4) is 0 Å². The second kappa shape index (κ2) is 7.82. The molecule has 1 unspecified atom stereocenters. The van der Waals surface area contributed by atoms with Crippen molar-refractivity contribution in [1.29, 1.82) is 5.26 Å². The number of aromatic nitrogens is 5. The van der Waals surface area contributed by atoms with E-state index in [1.54, 1.807) is 35.9 Å². The maximum Gasteiger partial charge on any atom is 0.227 e. The van der Waals surface area contributed by atoms with E-state index in [1.807, 2.05) is 12.1 Å². The highest BCUT2D eigenvalue weighted by Gasteiger charge is 2.29. The predicted molar refractivity (Wildman–Crippen MR) is 114 cm³/mol. The largest absolute Gasteiger partial charge is 0.323 e. The molecule has 4 aromatic heterocycles. The lowest BCUT2D eigenvalue weighted by Crippen LogP contribution is -2.24. The number of imidazole rings is 1. The first-order valence-electron chi connectivity index (χ1n) is 9.82. The molecule has 1 saturated heterocycles. The molecule has 0 aromatic carbocycles. The van der Waals surface area contributed by atoms with Gasteiger partial charge >= 0.3 is 0 Å². The minimum absolute atomic E-state index is 0.247.